The fourth-order valence-corrected chi connectivity index (χ4v) is 2.34. The van der Waals surface area contributed by atoms with Crippen molar-refractivity contribution in [3.63, 3.8) is 0 Å². The smallest absolute Gasteiger partial charge is 0.410 e. The molecular weight excluding hydrogens is 214 g/mol. The number of carbonyl (C=O) groups is 1. The molecule has 3 heteroatoms. The van der Waals surface area contributed by atoms with Crippen LogP contribution in [0, 0.1) is 5.92 Å². The van der Waals surface area contributed by atoms with Gasteiger partial charge in [-0.2, -0.15) is 0 Å². The maximum Gasteiger partial charge on any atom is 0.410 e. The van der Waals surface area contributed by atoms with Gasteiger partial charge in [0.1, 0.15) is 5.60 Å². The molecule has 1 fully saturated rings. The van der Waals surface area contributed by atoms with Crippen molar-refractivity contribution in [1.82, 2.24) is 4.90 Å². The van der Waals surface area contributed by atoms with Gasteiger partial charge < -0.3 is 9.64 Å². The summed E-state index contributed by atoms with van der Waals surface area (Å²) < 4.78 is 5.42. The van der Waals surface area contributed by atoms with Crippen LogP contribution < -0.4 is 0 Å². The zero-order valence-corrected chi connectivity index (χ0v) is 11.8. The Hall–Kier alpha value is -0.730. The van der Waals surface area contributed by atoms with Crippen molar-refractivity contribution >= 4 is 6.09 Å². The summed E-state index contributed by atoms with van der Waals surface area (Å²) in [5.41, 5.74) is -0.392. The second-order valence-corrected chi connectivity index (χ2v) is 6.02. The molecule has 17 heavy (non-hydrogen) atoms. The van der Waals surface area contributed by atoms with E-state index in [-0.39, 0.29) is 6.09 Å². The lowest BCUT2D eigenvalue weighted by Crippen LogP contribution is -2.39. The van der Waals surface area contributed by atoms with E-state index in [1.165, 1.54) is 32.1 Å². The number of carbonyl (C=O) groups excluding carboxylic acids is 1. The molecule has 1 aliphatic carbocycles. The summed E-state index contributed by atoms with van der Waals surface area (Å²) in [7, 11) is 0. The largest absolute Gasteiger partial charge is 0.444 e. The van der Waals surface area contributed by atoms with Crippen LogP contribution in [0.1, 0.15) is 59.8 Å². The number of ether oxygens (including phenoxy) is 1. The molecule has 1 amide bonds. The van der Waals surface area contributed by atoms with Crippen LogP contribution in [0.15, 0.2) is 0 Å². The molecule has 0 aromatic rings. The highest BCUT2D eigenvalue weighted by Crippen LogP contribution is 2.24. The summed E-state index contributed by atoms with van der Waals surface area (Å²) >= 11 is 0. The summed E-state index contributed by atoms with van der Waals surface area (Å²) in [6, 6.07) is 0. The summed E-state index contributed by atoms with van der Waals surface area (Å²) in [6.07, 6.45) is 6.35. The van der Waals surface area contributed by atoms with Gasteiger partial charge in [0.2, 0.25) is 0 Å². The Kier molecular flexibility index (Phi) is 5.29. The van der Waals surface area contributed by atoms with E-state index in [1.807, 2.05) is 32.6 Å². The minimum atomic E-state index is -0.392. The fraction of sp³-hybridized carbons (Fsp3) is 0.929. The highest BCUT2D eigenvalue weighted by atomic mass is 16.6. The molecular formula is C14H27NO2. The van der Waals surface area contributed by atoms with Gasteiger partial charge in [0, 0.05) is 13.1 Å². The van der Waals surface area contributed by atoms with Crippen molar-refractivity contribution < 1.29 is 9.53 Å². The summed E-state index contributed by atoms with van der Waals surface area (Å²) in [5.74, 6) is 0.677. The van der Waals surface area contributed by atoms with E-state index in [4.69, 9.17) is 4.74 Å². The van der Waals surface area contributed by atoms with Crippen molar-refractivity contribution in [3.8, 4) is 0 Å². The average Bonchev–Trinajstić information content (AvgIpc) is 2.24. The standard InChI is InChI=1S/C14H27NO2/c1-5-15(13(16)17-14(2,3)4)11-12-9-7-6-8-10-12/h12H,5-11H2,1-4H3. The maximum absolute atomic E-state index is 12.0. The lowest BCUT2D eigenvalue weighted by Gasteiger charge is -2.31. The predicted molar refractivity (Wildman–Crippen MR) is 70.1 cm³/mol. The van der Waals surface area contributed by atoms with E-state index in [1.54, 1.807) is 0 Å². The third-order valence-electron chi connectivity index (χ3n) is 3.24. The Balaban J connectivity index is 2.43. The molecule has 0 spiro atoms. The Bertz CT molecular complexity index is 239. The quantitative estimate of drug-likeness (QED) is 0.751. The molecule has 0 N–H and O–H groups in total. The topological polar surface area (TPSA) is 29.5 Å². The molecule has 1 saturated carbocycles. The molecule has 100 valence electrons. The van der Waals surface area contributed by atoms with Crippen LogP contribution in [0.5, 0.6) is 0 Å². The van der Waals surface area contributed by atoms with Crippen molar-refractivity contribution in [2.24, 2.45) is 5.92 Å². The lowest BCUT2D eigenvalue weighted by molar-refractivity contribution is 0.0219. The van der Waals surface area contributed by atoms with Crippen molar-refractivity contribution in [2.45, 2.75) is 65.4 Å². The van der Waals surface area contributed by atoms with Crippen LogP contribution in [-0.2, 0) is 4.74 Å². The van der Waals surface area contributed by atoms with Gasteiger partial charge >= 0.3 is 6.09 Å². The molecule has 1 rings (SSSR count). The molecule has 0 aromatic heterocycles. The van der Waals surface area contributed by atoms with Crippen LogP contribution in [0.2, 0.25) is 0 Å². The lowest BCUT2D eigenvalue weighted by atomic mass is 9.89. The van der Waals surface area contributed by atoms with E-state index < -0.39 is 5.60 Å². The van der Waals surface area contributed by atoms with Crippen LogP contribution >= 0.6 is 0 Å². The van der Waals surface area contributed by atoms with Crippen LogP contribution in [-0.4, -0.2) is 29.7 Å². The molecule has 0 bridgehead atoms. The van der Waals surface area contributed by atoms with Gasteiger partial charge in [-0.1, -0.05) is 19.3 Å². The predicted octanol–water partition coefficient (Wildman–Crippen LogP) is 3.82. The normalized spacial score (nSPS) is 17.9. The van der Waals surface area contributed by atoms with Crippen LogP contribution in [0.3, 0.4) is 0 Å². The molecule has 0 saturated heterocycles. The molecule has 0 atom stereocenters. The van der Waals surface area contributed by atoms with Gasteiger partial charge in [-0.05, 0) is 46.5 Å². The SMILES string of the molecule is CCN(CC1CCCCC1)C(=O)OC(C)(C)C. The summed E-state index contributed by atoms with van der Waals surface area (Å²) in [6.45, 7) is 9.38. The molecule has 0 aliphatic heterocycles. The third-order valence-corrected chi connectivity index (χ3v) is 3.24. The van der Waals surface area contributed by atoms with Gasteiger partial charge in [-0.15, -0.1) is 0 Å². The second kappa shape index (κ2) is 6.27. The van der Waals surface area contributed by atoms with Crippen molar-refractivity contribution in [1.29, 1.82) is 0 Å². The minimum absolute atomic E-state index is 0.162. The first-order valence-corrected chi connectivity index (χ1v) is 6.90. The van der Waals surface area contributed by atoms with E-state index in [2.05, 4.69) is 0 Å². The van der Waals surface area contributed by atoms with E-state index in [9.17, 15) is 4.79 Å². The Labute approximate surface area is 106 Å². The van der Waals surface area contributed by atoms with Crippen LogP contribution in [0.4, 0.5) is 4.79 Å². The second-order valence-electron chi connectivity index (χ2n) is 6.02. The number of hydrogen-bond acceptors (Lipinski definition) is 2. The van der Waals surface area contributed by atoms with Gasteiger partial charge in [-0.25, -0.2) is 4.79 Å². The van der Waals surface area contributed by atoms with Gasteiger partial charge in [0.15, 0.2) is 0 Å². The van der Waals surface area contributed by atoms with Gasteiger partial charge in [0.25, 0.3) is 0 Å². The summed E-state index contributed by atoms with van der Waals surface area (Å²) in [5, 5.41) is 0. The highest BCUT2D eigenvalue weighted by molar-refractivity contribution is 5.68. The van der Waals surface area contributed by atoms with Crippen LogP contribution in [0.25, 0.3) is 0 Å². The molecule has 1 aliphatic rings. The highest BCUT2D eigenvalue weighted by Gasteiger charge is 2.24. The monoisotopic (exact) mass is 241 g/mol. The first-order valence-electron chi connectivity index (χ1n) is 6.90. The minimum Gasteiger partial charge on any atom is -0.444 e. The number of nitrogens with zero attached hydrogens (tertiary/aromatic N) is 1. The maximum atomic E-state index is 12.0. The number of hydrogen-bond donors (Lipinski definition) is 0. The third kappa shape index (κ3) is 5.42. The molecule has 0 aromatic carbocycles. The number of amides is 1. The number of rotatable bonds is 3. The summed E-state index contributed by atoms with van der Waals surface area (Å²) in [4.78, 5) is 13.8. The zero-order chi connectivity index (χ0) is 12.9. The first kappa shape index (κ1) is 14.3. The van der Waals surface area contributed by atoms with Crippen molar-refractivity contribution in [2.75, 3.05) is 13.1 Å². The zero-order valence-electron chi connectivity index (χ0n) is 11.8. The van der Waals surface area contributed by atoms with E-state index in [0.717, 1.165) is 13.1 Å². The molecule has 0 unspecified atom stereocenters. The van der Waals surface area contributed by atoms with Gasteiger partial charge in [0.05, 0.1) is 0 Å². The molecule has 3 nitrogen and oxygen atoms in total. The Morgan fingerprint density at radius 2 is 1.82 bits per heavy atom. The first-order chi connectivity index (χ1) is 7.92. The molecule has 0 radical (unpaired) electrons. The van der Waals surface area contributed by atoms with Crippen molar-refractivity contribution in [3.05, 3.63) is 0 Å². The average molecular weight is 241 g/mol. The van der Waals surface area contributed by atoms with E-state index >= 15 is 0 Å². The Morgan fingerprint density at radius 3 is 2.29 bits per heavy atom. The molecule has 0 heterocycles. The fourth-order valence-electron chi connectivity index (χ4n) is 2.34. The van der Waals surface area contributed by atoms with Gasteiger partial charge in [-0.3, -0.25) is 0 Å². The van der Waals surface area contributed by atoms with E-state index in [0.29, 0.717) is 5.92 Å². The Morgan fingerprint density at radius 1 is 1.24 bits per heavy atom.